The summed E-state index contributed by atoms with van der Waals surface area (Å²) in [5, 5.41) is 14.0. The quantitative estimate of drug-likeness (QED) is 0.887. The highest BCUT2D eigenvalue weighted by Gasteiger charge is 2.32. The van der Waals surface area contributed by atoms with Crippen LogP contribution in [0.25, 0.3) is 0 Å². The molecule has 0 saturated carbocycles. The van der Waals surface area contributed by atoms with E-state index in [4.69, 9.17) is 0 Å². The number of benzene rings is 2. The Labute approximate surface area is 134 Å². The van der Waals surface area contributed by atoms with Crippen molar-refractivity contribution >= 4 is 11.8 Å². The van der Waals surface area contributed by atoms with Crippen molar-refractivity contribution < 1.29 is 9.50 Å². The molecule has 22 heavy (non-hydrogen) atoms. The highest BCUT2D eigenvalue weighted by Crippen LogP contribution is 2.29. The van der Waals surface area contributed by atoms with Gasteiger partial charge < -0.3 is 10.4 Å². The Kier molecular flexibility index (Phi) is 4.81. The van der Waals surface area contributed by atoms with Gasteiger partial charge in [0, 0.05) is 12.3 Å². The lowest BCUT2D eigenvalue weighted by molar-refractivity contribution is 0.0658. The Bertz CT molecular complexity index is 596. The van der Waals surface area contributed by atoms with Crippen molar-refractivity contribution in [1.82, 2.24) is 5.32 Å². The number of hydrogen-bond donors (Lipinski definition) is 2. The molecule has 2 aromatic rings. The summed E-state index contributed by atoms with van der Waals surface area (Å²) < 4.78 is 13.2. The lowest BCUT2D eigenvalue weighted by atomic mass is 9.96. The van der Waals surface area contributed by atoms with Gasteiger partial charge >= 0.3 is 0 Å². The number of hydrogen-bond acceptors (Lipinski definition) is 3. The van der Waals surface area contributed by atoms with E-state index in [-0.39, 0.29) is 11.9 Å². The lowest BCUT2D eigenvalue weighted by Gasteiger charge is -2.27. The average molecular weight is 317 g/mol. The maximum absolute atomic E-state index is 13.2. The summed E-state index contributed by atoms with van der Waals surface area (Å²) in [6, 6.07) is 16.6. The molecule has 1 saturated heterocycles. The Morgan fingerprint density at radius 1 is 1.09 bits per heavy atom. The summed E-state index contributed by atoms with van der Waals surface area (Å²) in [4.78, 5) is 0. The molecule has 0 amide bonds. The van der Waals surface area contributed by atoms with E-state index in [1.807, 2.05) is 18.2 Å². The molecule has 4 heteroatoms. The van der Waals surface area contributed by atoms with Gasteiger partial charge in [-0.3, -0.25) is 0 Å². The number of aliphatic hydroxyl groups is 1. The molecule has 3 rings (SSSR count). The summed E-state index contributed by atoms with van der Waals surface area (Å²) in [6.07, 6.45) is 0.815. The van der Waals surface area contributed by atoms with Crippen LogP contribution in [0.5, 0.6) is 0 Å². The smallest absolute Gasteiger partial charge is 0.123 e. The fourth-order valence-corrected chi connectivity index (χ4v) is 4.05. The predicted octanol–water partition coefficient (Wildman–Crippen LogP) is 3.37. The normalized spacial score (nSPS) is 22.6. The molecular formula is C18H20FNOS. The van der Waals surface area contributed by atoms with E-state index < -0.39 is 5.60 Å². The number of thioether (sulfide) groups is 1. The third-order valence-corrected chi connectivity index (χ3v) is 5.29. The molecule has 0 spiro atoms. The van der Waals surface area contributed by atoms with Crippen molar-refractivity contribution in [2.75, 3.05) is 18.1 Å². The highest BCUT2D eigenvalue weighted by atomic mass is 32.2. The van der Waals surface area contributed by atoms with Crippen molar-refractivity contribution in [2.24, 2.45) is 0 Å². The first-order chi connectivity index (χ1) is 10.7. The molecule has 1 aliphatic rings. The van der Waals surface area contributed by atoms with Crippen LogP contribution in [0.1, 0.15) is 23.6 Å². The van der Waals surface area contributed by atoms with Crippen molar-refractivity contribution in [3.8, 4) is 0 Å². The van der Waals surface area contributed by atoms with E-state index in [1.165, 1.54) is 12.1 Å². The van der Waals surface area contributed by atoms with Crippen molar-refractivity contribution in [2.45, 2.75) is 18.1 Å². The lowest BCUT2D eigenvalue weighted by Crippen LogP contribution is -2.42. The molecule has 1 heterocycles. The van der Waals surface area contributed by atoms with Crippen molar-refractivity contribution in [1.29, 1.82) is 0 Å². The van der Waals surface area contributed by atoms with Gasteiger partial charge in [0.25, 0.3) is 0 Å². The molecule has 1 fully saturated rings. The van der Waals surface area contributed by atoms with Crippen molar-refractivity contribution in [3.63, 3.8) is 0 Å². The fourth-order valence-electron chi connectivity index (χ4n) is 2.76. The molecule has 2 unspecified atom stereocenters. The maximum atomic E-state index is 13.2. The minimum absolute atomic E-state index is 0.0450. The Morgan fingerprint density at radius 2 is 1.77 bits per heavy atom. The van der Waals surface area contributed by atoms with Crippen LogP contribution in [-0.4, -0.2) is 28.8 Å². The number of rotatable bonds is 5. The van der Waals surface area contributed by atoms with Crippen LogP contribution in [0, 0.1) is 5.82 Å². The van der Waals surface area contributed by atoms with Gasteiger partial charge in [0.15, 0.2) is 0 Å². The van der Waals surface area contributed by atoms with Crippen LogP contribution >= 0.6 is 11.8 Å². The average Bonchev–Trinajstić information content (AvgIpc) is 2.97. The van der Waals surface area contributed by atoms with E-state index in [0.717, 1.165) is 29.1 Å². The predicted molar refractivity (Wildman–Crippen MR) is 89.6 cm³/mol. The highest BCUT2D eigenvalue weighted by molar-refractivity contribution is 7.99. The largest absolute Gasteiger partial charge is 0.388 e. The standard InChI is InChI=1S/C18H20FNOS/c19-16-8-6-15(7-9-16)17(14-4-2-1-3-5-14)20-12-18(21)10-11-22-13-18/h1-9,17,20-21H,10-13H2. The molecule has 0 aliphatic carbocycles. The molecule has 2 atom stereocenters. The minimum atomic E-state index is -0.641. The molecule has 2 nitrogen and oxygen atoms in total. The van der Waals surface area contributed by atoms with Crippen LogP contribution < -0.4 is 5.32 Å². The molecule has 0 aromatic heterocycles. The van der Waals surface area contributed by atoms with E-state index >= 15 is 0 Å². The van der Waals surface area contributed by atoms with Gasteiger partial charge in [-0.25, -0.2) is 4.39 Å². The Balaban J connectivity index is 1.81. The van der Waals surface area contributed by atoms with Gasteiger partial charge in [-0.15, -0.1) is 0 Å². The first-order valence-corrected chi connectivity index (χ1v) is 8.66. The zero-order valence-corrected chi connectivity index (χ0v) is 13.2. The second-order valence-corrected chi connectivity index (χ2v) is 6.91. The molecule has 2 aromatic carbocycles. The monoisotopic (exact) mass is 317 g/mol. The summed E-state index contributed by atoms with van der Waals surface area (Å²) >= 11 is 1.79. The van der Waals surface area contributed by atoms with Crippen LogP contribution in [-0.2, 0) is 0 Å². The van der Waals surface area contributed by atoms with Crippen LogP contribution in [0.2, 0.25) is 0 Å². The Morgan fingerprint density at radius 3 is 2.41 bits per heavy atom. The molecule has 0 radical (unpaired) electrons. The van der Waals surface area contributed by atoms with E-state index in [9.17, 15) is 9.50 Å². The molecular weight excluding hydrogens is 297 g/mol. The fraction of sp³-hybridized carbons (Fsp3) is 0.333. The zero-order chi connectivity index (χ0) is 15.4. The van der Waals surface area contributed by atoms with Gasteiger partial charge in [0.1, 0.15) is 5.82 Å². The van der Waals surface area contributed by atoms with E-state index in [0.29, 0.717) is 6.54 Å². The van der Waals surface area contributed by atoms with Crippen LogP contribution in [0.3, 0.4) is 0 Å². The van der Waals surface area contributed by atoms with E-state index in [2.05, 4.69) is 17.4 Å². The van der Waals surface area contributed by atoms with Crippen LogP contribution in [0.4, 0.5) is 4.39 Å². The third kappa shape index (κ3) is 3.69. The molecule has 116 valence electrons. The van der Waals surface area contributed by atoms with Gasteiger partial charge in [-0.05, 0) is 35.4 Å². The SMILES string of the molecule is OC1(CNC(c2ccccc2)c2ccc(F)cc2)CCSC1. The van der Waals surface area contributed by atoms with Crippen LogP contribution in [0.15, 0.2) is 54.6 Å². The second kappa shape index (κ2) is 6.82. The first kappa shape index (κ1) is 15.5. The second-order valence-electron chi connectivity index (χ2n) is 5.80. The van der Waals surface area contributed by atoms with Gasteiger partial charge in [-0.2, -0.15) is 11.8 Å². The van der Waals surface area contributed by atoms with E-state index in [1.54, 1.807) is 23.9 Å². The summed E-state index contributed by atoms with van der Waals surface area (Å²) in [6.45, 7) is 0.539. The zero-order valence-electron chi connectivity index (χ0n) is 12.3. The third-order valence-electron chi connectivity index (χ3n) is 4.05. The summed E-state index contributed by atoms with van der Waals surface area (Å²) in [5.41, 5.74) is 1.47. The van der Waals surface area contributed by atoms with Crippen molar-refractivity contribution in [3.05, 3.63) is 71.5 Å². The first-order valence-electron chi connectivity index (χ1n) is 7.50. The molecule has 0 bridgehead atoms. The van der Waals surface area contributed by atoms with Gasteiger partial charge in [0.05, 0.1) is 11.6 Å². The van der Waals surface area contributed by atoms with Gasteiger partial charge in [0.2, 0.25) is 0 Å². The number of halogens is 1. The topological polar surface area (TPSA) is 32.3 Å². The minimum Gasteiger partial charge on any atom is -0.388 e. The summed E-state index contributed by atoms with van der Waals surface area (Å²) in [7, 11) is 0. The van der Waals surface area contributed by atoms with Gasteiger partial charge in [-0.1, -0.05) is 42.5 Å². The molecule has 2 N–H and O–H groups in total. The Hall–Kier alpha value is -1.36. The maximum Gasteiger partial charge on any atom is 0.123 e. The molecule has 1 aliphatic heterocycles. The number of nitrogens with one attached hydrogen (secondary N) is 1. The summed E-state index contributed by atoms with van der Waals surface area (Å²) in [5.74, 6) is 1.54.